The van der Waals surface area contributed by atoms with E-state index in [1.807, 2.05) is 12.2 Å². The molecule has 1 fully saturated rings. The lowest BCUT2D eigenvalue weighted by molar-refractivity contribution is -0.121. The van der Waals surface area contributed by atoms with Crippen molar-refractivity contribution in [3.8, 4) is 0 Å². The molecule has 0 bridgehead atoms. The van der Waals surface area contributed by atoms with E-state index in [9.17, 15) is 13.2 Å². The minimum atomic E-state index is -3.09. The number of nitrogens with two attached hydrogens (primary N) is 1. The molecule has 18 heavy (non-hydrogen) atoms. The molecule has 0 spiro atoms. The zero-order valence-electron chi connectivity index (χ0n) is 10.3. The van der Waals surface area contributed by atoms with Crippen LogP contribution in [0.3, 0.4) is 0 Å². The van der Waals surface area contributed by atoms with Crippen molar-refractivity contribution in [1.82, 2.24) is 5.32 Å². The van der Waals surface area contributed by atoms with E-state index in [-0.39, 0.29) is 17.4 Å². The first-order valence-corrected chi connectivity index (χ1v) is 7.78. The van der Waals surface area contributed by atoms with Crippen LogP contribution in [0.2, 0.25) is 0 Å². The Morgan fingerprint density at radius 3 is 2.67 bits per heavy atom. The summed E-state index contributed by atoms with van der Waals surface area (Å²) in [6.45, 7) is 3.58. The van der Waals surface area contributed by atoms with Gasteiger partial charge >= 0.3 is 0 Å². The summed E-state index contributed by atoms with van der Waals surface area (Å²) in [6, 6.07) is -0.935. The van der Waals surface area contributed by atoms with Gasteiger partial charge in [0.25, 0.3) is 0 Å². The lowest BCUT2D eigenvalue weighted by atomic mass is 10.1. The second-order valence-corrected chi connectivity index (χ2v) is 6.60. The molecule has 1 aliphatic rings. The fourth-order valence-corrected chi connectivity index (χ4v) is 3.66. The predicted molar refractivity (Wildman–Crippen MR) is 71.7 cm³/mol. The summed E-state index contributed by atoms with van der Waals surface area (Å²) in [7, 11) is -3.09. The van der Waals surface area contributed by atoms with Gasteiger partial charge < -0.3 is 11.1 Å². The van der Waals surface area contributed by atoms with Gasteiger partial charge in [-0.1, -0.05) is 18.2 Å². The number of allylic oxidation sites excluding steroid dienone is 3. The van der Waals surface area contributed by atoms with Crippen molar-refractivity contribution in [2.24, 2.45) is 5.73 Å². The molecule has 1 amide bonds. The Hall–Kier alpha value is -1.14. The Labute approximate surface area is 108 Å². The van der Waals surface area contributed by atoms with Gasteiger partial charge in [-0.25, -0.2) is 8.42 Å². The van der Waals surface area contributed by atoms with Crippen molar-refractivity contribution >= 4 is 15.7 Å². The number of hydrogen-bond donors (Lipinski definition) is 2. The van der Waals surface area contributed by atoms with Crippen LogP contribution in [0, 0.1) is 0 Å². The molecule has 0 aromatic rings. The Balaban J connectivity index is 2.30. The van der Waals surface area contributed by atoms with Gasteiger partial charge in [0, 0.05) is 12.5 Å². The van der Waals surface area contributed by atoms with Crippen LogP contribution in [0.1, 0.15) is 19.3 Å². The fourth-order valence-electron chi connectivity index (χ4n) is 1.83. The molecule has 5 nitrogen and oxygen atoms in total. The molecular formula is C12H20N2O3S. The van der Waals surface area contributed by atoms with Gasteiger partial charge in [0.1, 0.15) is 0 Å². The Bertz CT molecular complexity index is 429. The van der Waals surface area contributed by atoms with Crippen LogP contribution in [0.25, 0.3) is 0 Å². The molecular weight excluding hydrogens is 252 g/mol. The maximum atomic E-state index is 11.6. The molecule has 3 N–H and O–H groups in total. The summed E-state index contributed by atoms with van der Waals surface area (Å²) in [6.07, 6.45) is 7.39. The summed E-state index contributed by atoms with van der Waals surface area (Å²) >= 11 is 0. The maximum absolute atomic E-state index is 11.6. The quantitative estimate of drug-likeness (QED) is 0.673. The van der Waals surface area contributed by atoms with Gasteiger partial charge in [0.05, 0.1) is 17.5 Å². The van der Waals surface area contributed by atoms with Gasteiger partial charge in [-0.15, -0.1) is 6.58 Å². The summed E-state index contributed by atoms with van der Waals surface area (Å²) in [5, 5.41) is 2.68. The number of amides is 1. The largest absolute Gasteiger partial charge is 0.351 e. The Morgan fingerprint density at radius 1 is 1.39 bits per heavy atom. The molecule has 102 valence electrons. The average Bonchev–Trinajstić information content (AvgIpc) is 2.51. The SMILES string of the molecule is C=CC/C=C/CCC(=O)NC1CS(=O)(=O)CC1N. The molecule has 0 aromatic carbocycles. The molecule has 1 aliphatic heterocycles. The first-order valence-electron chi connectivity index (χ1n) is 5.96. The molecule has 1 heterocycles. The first kappa shape index (κ1) is 14.9. The monoisotopic (exact) mass is 272 g/mol. The third kappa shape index (κ3) is 5.01. The number of rotatable bonds is 6. The summed E-state index contributed by atoms with van der Waals surface area (Å²) < 4.78 is 22.6. The summed E-state index contributed by atoms with van der Waals surface area (Å²) in [5.41, 5.74) is 5.68. The fraction of sp³-hybridized carbons (Fsp3) is 0.583. The number of carbonyl (C=O) groups is 1. The highest BCUT2D eigenvalue weighted by Crippen LogP contribution is 2.11. The van der Waals surface area contributed by atoms with Crippen LogP contribution in [-0.2, 0) is 14.6 Å². The predicted octanol–water partition coefficient (Wildman–Crippen LogP) is 0.139. The van der Waals surface area contributed by atoms with Crippen LogP contribution in [0.15, 0.2) is 24.8 Å². The molecule has 0 saturated carbocycles. The van der Waals surface area contributed by atoms with E-state index in [2.05, 4.69) is 11.9 Å². The van der Waals surface area contributed by atoms with Gasteiger partial charge in [-0.2, -0.15) is 0 Å². The number of carbonyl (C=O) groups excluding carboxylic acids is 1. The van der Waals surface area contributed by atoms with Gasteiger partial charge in [-0.05, 0) is 12.8 Å². The molecule has 1 rings (SSSR count). The van der Waals surface area contributed by atoms with Crippen molar-refractivity contribution in [2.45, 2.75) is 31.3 Å². The zero-order chi connectivity index (χ0) is 13.6. The van der Waals surface area contributed by atoms with Crippen LogP contribution in [0.4, 0.5) is 0 Å². The summed E-state index contributed by atoms with van der Waals surface area (Å²) in [4.78, 5) is 11.6. The highest BCUT2D eigenvalue weighted by Gasteiger charge is 2.35. The average molecular weight is 272 g/mol. The van der Waals surface area contributed by atoms with Crippen LogP contribution in [-0.4, -0.2) is 37.9 Å². The maximum Gasteiger partial charge on any atom is 0.220 e. The highest BCUT2D eigenvalue weighted by molar-refractivity contribution is 7.91. The molecule has 6 heteroatoms. The van der Waals surface area contributed by atoms with E-state index in [0.29, 0.717) is 12.8 Å². The minimum absolute atomic E-state index is 0.0445. The van der Waals surface area contributed by atoms with E-state index in [0.717, 1.165) is 6.42 Å². The third-order valence-electron chi connectivity index (χ3n) is 2.75. The number of sulfone groups is 1. The Morgan fingerprint density at radius 2 is 2.11 bits per heavy atom. The highest BCUT2D eigenvalue weighted by atomic mass is 32.2. The van der Waals surface area contributed by atoms with Gasteiger partial charge in [0.15, 0.2) is 9.84 Å². The lowest BCUT2D eigenvalue weighted by Gasteiger charge is -2.15. The zero-order valence-corrected chi connectivity index (χ0v) is 11.2. The molecule has 0 aliphatic carbocycles. The van der Waals surface area contributed by atoms with Crippen molar-refractivity contribution in [2.75, 3.05) is 11.5 Å². The Kier molecular flexibility index (Phi) is 5.55. The molecule has 2 atom stereocenters. The molecule has 1 saturated heterocycles. The smallest absolute Gasteiger partial charge is 0.220 e. The minimum Gasteiger partial charge on any atom is -0.351 e. The van der Waals surface area contributed by atoms with E-state index in [1.54, 1.807) is 6.08 Å². The van der Waals surface area contributed by atoms with Crippen molar-refractivity contribution in [1.29, 1.82) is 0 Å². The van der Waals surface area contributed by atoms with Crippen molar-refractivity contribution in [3.05, 3.63) is 24.8 Å². The van der Waals surface area contributed by atoms with Gasteiger partial charge in [-0.3, -0.25) is 4.79 Å². The number of hydrogen-bond acceptors (Lipinski definition) is 4. The number of nitrogens with one attached hydrogen (secondary N) is 1. The van der Waals surface area contributed by atoms with E-state index in [1.165, 1.54) is 0 Å². The molecule has 0 radical (unpaired) electrons. The standard InChI is InChI=1S/C12H20N2O3S/c1-2-3-4-5-6-7-12(15)14-11-9-18(16,17)8-10(11)13/h2,4-5,10-11H,1,3,6-9,13H2,(H,14,15)/b5-4+. The third-order valence-corrected chi connectivity index (χ3v) is 4.51. The lowest BCUT2D eigenvalue weighted by Crippen LogP contribution is -2.46. The summed E-state index contributed by atoms with van der Waals surface area (Å²) in [5.74, 6) is -0.251. The van der Waals surface area contributed by atoms with E-state index >= 15 is 0 Å². The van der Waals surface area contributed by atoms with Crippen molar-refractivity contribution in [3.63, 3.8) is 0 Å². The van der Waals surface area contributed by atoms with E-state index in [4.69, 9.17) is 5.73 Å². The first-order chi connectivity index (χ1) is 8.44. The topological polar surface area (TPSA) is 89.3 Å². The van der Waals surface area contributed by atoms with Crippen LogP contribution < -0.4 is 11.1 Å². The molecule has 2 unspecified atom stereocenters. The van der Waals surface area contributed by atoms with E-state index < -0.39 is 21.9 Å². The second-order valence-electron chi connectivity index (χ2n) is 4.45. The van der Waals surface area contributed by atoms with Crippen LogP contribution in [0.5, 0.6) is 0 Å². The van der Waals surface area contributed by atoms with Gasteiger partial charge in [0.2, 0.25) is 5.91 Å². The van der Waals surface area contributed by atoms with Crippen LogP contribution >= 0.6 is 0 Å². The molecule has 0 aromatic heterocycles. The normalized spacial score (nSPS) is 26.3. The van der Waals surface area contributed by atoms with Crippen molar-refractivity contribution < 1.29 is 13.2 Å². The second kappa shape index (κ2) is 6.70.